The Morgan fingerprint density at radius 3 is 2.43 bits per heavy atom. The van der Waals surface area contributed by atoms with Crippen LogP contribution in [0.5, 0.6) is 5.75 Å². The highest BCUT2D eigenvalue weighted by Crippen LogP contribution is 2.13. The lowest BCUT2D eigenvalue weighted by molar-refractivity contribution is -0.136. The molecule has 166 valence electrons. The Morgan fingerprint density at radius 2 is 1.80 bits per heavy atom. The van der Waals surface area contributed by atoms with Gasteiger partial charge in [0.1, 0.15) is 17.7 Å². The molecule has 2 heterocycles. The number of rotatable bonds is 6. The van der Waals surface area contributed by atoms with E-state index in [9.17, 15) is 9.18 Å². The summed E-state index contributed by atoms with van der Waals surface area (Å²) in [5.41, 5.74) is 0. The van der Waals surface area contributed by atoms with Crippen molar-refractivity contribution < 1.29 is 18.7 Å². The number of carbonyl (C=O) groups is 1. The number of hydrogen-bond acceptors (Lipinski definition) is 5. The molecule has 8 nitrogen and oxygen atoms in total. The monoisotopic (exact) mass is 421 g/mol. The van der Waals surface area contributed by atoms with Crippen molar-refractivity contribution in [2.75, 3.05) is 72.6 Å². The van der Waals surface area contributed by atoms with Gasteiger partial charge in [0.2, 0.25) is 5.91 Å². The smallest absolute Gasteiger partial charge is 0.236 e. The molecule has 0 saturated carbocycles. The molecule has 0 aromatic heterocycles. The zero-order valence-corrected chi connectivity index (χ0v) is 17.8. The third-order valence-corrected chi connectivity index (χ3v) is 5.30. The Labute approximate surface area is 177 Å². The van der Waals surface area contributed by atoms with Crippen LogP contribution in [0.2, 0.25) is 0 Å². The number of nitrogens with zero attached hydrogens (tertiary/aromatic N) is 4. The van der Waals surface area contributed by atoms with Gasteiger partial charge in [-0.2, -0.15) is 0 Å². The minimum atomic E-state index is -0.278. The number of morpholine rings is 1. The molecule has 0 spiro atoms. The number of aliphatic imine (C=N–C) groups is 1. The lowest BCUT2D eigenvalue weighted by Gasteiger charge is -2.37. The second-order valence-corrected chi connectivity index (χ2v) is 7.57. The number of benzene rings is 1. The highest BCUT2D eigenvalue weighted by Gasteiger charge is 2.24. The van der Waals surface area contributed by atoms with Gasteiger partial charge in [0.25, 0.3) is 0 Å². The van der Waals surface area contributed by atoms with Crippen LogP contribution in [-0.4, -0.2) is 105 Å². The van der Waals surface area contributed by atoms with Crippen molar-refractivity contribution in [1.82, 2.24) is 20.0 Å². The lowest BCUT2D eigenvalue weighted by Crippen LogP contribution is -2.55. The van der Waals surface area contributed by atoms with Gasteiger partial charge >= 0.3 is 0 Å². The number of halogens is 1. The van der Waals surface area contributed by atoms with Crippen LogP contribution in [0.4, 0.5) is 4.39 Å². The highest BCUT2D eigenvalue weighted by molar-refractivity contribution is 5.80. The molecule has 0 aliphatic carbocycles. The molecule has 9 heteroatoms. The summed E-state index contributed by atoms with van der Waals surface area (Å²) in [5.74, 6) is 1.36. The number of carbonyl (C=O) groups excluding carboxylic acids is 1. The fraction of sp³-hybridized carbons (Fsp3) is 0.619. The molecule has 0 bridgehead atoms. The van der Waals surface area contributed by atoms with E-state index >= 15 is 0 Å². The summed E-state index contributed by atoms with van der Waals surface area (Å²) in [4.78, 5) is 23.1. The molecule has 30 heavy (non-hydrogen) atoms. The van der Waals surface area contributed by atoms with Crippen LogP contribution in [0.25, 0.3) is 0 Å². The number of guanidine groups is 1. The first kappa shape index (κ1) is 22.3. The van der Waals surface area contributed by atoms with E-state index in [0.717, 1.165) is 32.1 Å². The summed E-state index contributed by atoms with van der Waals surface area (Å²) >= 11 is 0. The molecule has 1 amide bonds. The summed E-state index contributed by atoms with van der Waals surface area (Å²) in [7, 11) is 1.77. The molecule has 2 fully saturated rings. The van der Waals surface area contributed by atoms with Crippen molar-refractivity contribution in [2.45, 2.75) is 13.0 Å². The minimum absolute atomic E-state index is 0.0976. The molecule has 1 unspecified atom stereocenters. The van der Waals surface area contributed by atoms with Gasteiger partial charge in [-0.1, -0.05) is 0 Å². The van der Waals surface area contributed by atoms with Crippen LogP contribution in [0.3, 0.4) is 0 Å². The molecule has 1 atom stereocenters. The fourth-order valence-corrected chi connectivity index (χ4v) is 3.58. The van der Waals surface area contributed by atoms with Gasteiger partial charge in [0.05, 0.1) is 26.3 Å². The van der Waals surface area contributed by atoms with Crippen molar-refractivity contribution in [3.05, 3.63) is 30.1 Å². The summed E-state index contributed by atoms with van der Waals surface area (Å²) < 4.78 is 24.1. The zero-order chi connectivity index (χ0) is 21.3. The van der Waals surface area contributed by atoms with Crippen LogP contribution >= 0.6 is 0 Å². The summed E-state index contributed by atoms with van der Waals surface area (Å²) in [6.45, 7) is 8.89. The van der Waals surface area contributed by atoms with Crippen molar-refractivity contribution >= 4 is 11.9 Å². The Balaban J connectivity index is 1.38. The molecule has 2 aliphatic rings. The van der Waals surface area contributed by atoms with Crippen LogP contribution in [-0.2, 0) is 9.53 Å². The van der Waals surface area contributed by atoms with Crippen molar-refractivity contribution in [1.29, 1.82) is 0 Å². The van der Waals surface area contributed by atoms with Crippen LogP contribution in [0.1, 0.15) is 6.92 Å². The Kier molecular flexibility index (Phi) is 8.27. The molecule has 2 saturated heterocycles. The van der Waals surface area contributed by atoms with E-state index in [1.54, 1.807) is 19.2 Å². The van der Waals surface area contributed by atoms with Gasteiger partial charge in [-0.15, -0.1) is 0 Å². The van der Waals surface area contributed by atoms with E-state index in [1.165, 1.54) is 12.1 Å². The van der Waals surface area contributed by atoms with E-state index in [4.69, 9.17) is 9.47 Å². The normalized spacial score (nSPS) is 19.5. The average molecular weight is 422 g/mol. The zero-order valence-electron chi connectivity index (χ0n) is 17.8. The van der Waals surface area contributed by atoms with Gasteiger partial charge in [0.15, 0.2) is 5.96 Å². The van der Waals surface area contributed by atoms with E-state index in [0.29, 0.717) is 45.1 Å². The largest absolute Gasteiger partial charge is 0.489 e. The third-order valence-electron chi connectivity index (χ3n) is 5.30. The Morgan fingerprint density at radius 1 is 1.13 bits per heavy atom. The van der Waals surface area contributed by atoms with Gasteiger partial charge < -0.3 is 24.6 Å². The molecule has 1 aromatic rings. The van der Waals surface area contributed by atoms with E-state index in [2.05, 4.69) is 20.1 Å². The first-order valence-electron chi connectivity index (χ1n) is 10.5. The number of hydrogen-bond donors (Lipinski definition) is 1. The maximum atomic E-state index is 13.0. The van der Waals surface area contributed by atoms with Crippen molar-refractivity contribution in [3.63, 3.8) is 0 Å². The van der Waals surface area contributed by atoms with Gasteiger partial charge in [-0.3, -0.25) is 14.7 Å². The number of nitrogens with one attached hydrogen (secondary N) is 1. The second kappa shape index (κ2) is 11.1. The molecule has 1 aromatic carbocycles. The van der Waals surface area contributed by atoms with Crippen molar-refractivity contribution in [3.8, 4) is 5.75 Å². The van der Waals surface area contributed by atoms with Gasteiger partial charge in [-0.05, 0) is 31.2 Å². The summed E-state index contributed by atoms with van der Waals surface area (Å²) in [6, 6.07) is 6.02. The predicted octanol–water partition coefficient (Wildman–Crippen LogP) is 0.645. The molecule has 2 aliphatic heterocycles. The van der Waals surface area contributed by atoms with Crippen molar-refractivity contribution in [2.24, 2.45) is 4.99 Å². The van der Waals surface area contributed by atoms with Gasteiger partial charge in [0, 0.05) is 46.3 Å². The molecular weight excluding hydrogens is 389 g/mol. The molecule has 1 N–H and O–H groups in total. The Bertz CT molecular complexity index is 701. The van der Waals surface area contributed by atoms with E-state index in [1.807, 2.05) is 11.8 Å². The quantitative estimate of drug-likeness (QED) is 0.537. The maximum Gasteiger partial charge on any atom is 0.236 e. The maximum absolute atomic E-state index is 13.0. The SMILES string of the molecule is CN=C(NCC(C)Oc1ccc(F)cc1)N1CCN(CC(=O)N2CCOCC2)CC1. The predicted molar refractivity (Wildman–Crippen MR) is 113 cm³/mol. The standard InChI is InChI=1S/C21H32FN5O3/c1-17(30-19-5-3-18(22)4-6-19)15-24-21(23-2)27-9-7-25(8-10-27)16-20(28)26-11-13-29-14-12-26/h3-6,17H,7-16H2,1-2H3,(H,23,24). The first-order chi connectivity index (χ1) is 14.5. The first-order valence-corrected chi connectivity index (χ1v) is 10.5. The highest BCUT2D eigenvalue weighted by atomic mass is 19.1. The van der Waals surface area contributed by atoms with E-state index < -0.39 is 0 Å². The number of piperazine rings is 1. The lowest BCUT2D eigenvalue weighted by atomic mass is 10.3. The fourth-order valence-electron chi connectivity index (χ4n) is 3.58. The number of ether oxygens (including phenoxy) is 2. The van der Waals surface area contributed by atoms with Gasteiger partial charge in [-0.25, -0.2) is 4.39 Å². The minimum Gasteiger partial charge on any atom is -0.489 e. The van der Waals surface area contributed by atoms with Crippen LogP contribution < -0.4 is 10.1 Å². The van der Waals surface area contributed by atoms with Crippen LogP contribution in [0.15, 0.2) is 29.3 Å². The van der Waals surface area contributed by atoms with Crippen LogP contribution in [0, 0.1) is 5.82 Å². The summed E-state index contributed by atoms with van der Waals surface area (Å²) in [6.07, 6.45) is -0.0976. The molecule has 3 rings (SSSR count). The topological polar surface area (TPSA) is 69.6 Å². The number of amides is 1. The molecular formula is C21H32FN5O3. The second-order valence-electron chi connectivity index (χ2n) is 7.57. The molecule has 0 radical (unpaired) electrons. The van der Waals surface area contributed by atoms with E-state index in [-0.39, 0.29) is 17.8 Å². The Hall–Kier alpha value is -2.39. The third kappa shape index (κ3) is 6.56. The average Bonchev–Trinajstić information content (AvgIpc) is 2.77. The summed E-state index contributed by atoms with van der Waals surface area (Å²) in [5, 5.41) is 3.35.